The van der Waals surface area contributed by atoms with E-state index in [1.807, 2.05) is 0 Å². The van der Waals surface area contributed by atoms with Gasteiger partial charge in [-0.3, -0.25) is 5.10 Å². The van der Waals surface area contributed by atoms with Gasteiger partial charge in [0.1, 0.15) is 6.29 Å². The normalized spacial score (nSPS) is 22.8. The third kappa shape index (κ3) is 0.844. The molecule has 1 heterocycles. The van der Waals surface area contributed by atoms with Gasteiger partial charge in [0.05, 0.1) is 11.1 Å². The van der Waals surface area contributed by atoms with Crippen molar-refractivity contribution >= 4 is 6.29 Å². The standard InChI is InChI=1S/C10H12N2O/c13-6-10(4-5-10)9-7-2-1-3-8(7)11-12-9/h6H,1-5H2,(H,11,12). The summed E-state index contributed by atoms with van der Waals surface area (Å²) < 4.78 is 0. The van der Waals surface area contributed by atoms with Crippen LogP contribution in [0.25, 0.3) is 0 Å². The van der Waals surface area contributed by atoms with Crippen molar-refractivity contribution in [2.45, 2.75) is 37.5 Å². The van der Waals surface area contributed by atoms with Gasteiger partial charge in [-0.1, -0.05) is 0 Å². The molecule has 0 aliphatic heterocycles. The molecule has 0 aromatic carbocycles. The summed E-state index contributed by atoms with van der Waals surface area (Å²) in [5.74, 6) is 0. The number of aryl methyl sites for hydroxylation is 1. The number of aromatic nitrogens is 2. The second kappa shape index (κ2) is 2.22. The van der Waals surface area contributed by atoms with Gasteiger partial charge < -0.3 is 4.79 Å². The number of fused-ring (bicyclic) bond motifs is 1. The first-order chi connectivity index (χ1) is 6.36. The minimum absolute atomic E-state index is 0.186. The smallest absolute Gasteiger partial charge is 0.132 e. The molecule has 1 aromatic heterocycles. The zero-order valence-electron chi connectivity index (χ0n) is 7.47. The Morgan fingerprint density at radius 3 is 2.92 bits per heavy atom. The van der Waals surface area contributed by atoms with E-state index in [9.17, 15) is 4.79 Å². The lowest BCUT2D eigenvalue weighted by molar-refractivity contribution is -0.110. The number of carbonyl (C=O) groups excluding carboxylic acids is 1. The molecule has 13 heavy (non-hydrogen) atoms. The summed E-state index contributed by atoms with van der Waals surface area (Å²) in [5.41, 5.74) is 3.47. The van der Waals surface area contributed by atoms with Gasteiger partial charge in [0, 0.05) is 5.69 Å². The van der Waals surface area contributed by atoms with Crippen molar-refractivity contribution in [1.82, 2.24) is 10.2 Å². The van der Waals surface area contributed by atoms with Crippen molar-refractivity contribution in [3.05, 3.63) is 17.0 Å². The number of aldehydes is 1. The second-order valence-electron chi connectivity index (χ2n) is 4.16. The fourth-order valence-corrected chi connectivity index (χ4v) is 2.28. The zero-order valence-corrected chi connectivity index (χ0v) is 7.47. The van der Waals surface area contributed by atoms with Crippen LogP contribution in [0.3, 0.4) is 0 Å². The number of nitrogens with zero attached hydrogens (tertiary/aromatic N) is 1. The molecule has 3 heteroatoms. The first-order valence-electron chi connectivity index (χ1n) is 4.89. The Labute approximate surface area is 76.5 Å². The quantitative estimate of drug-likeness (QED) is 0.686. The third-order valence-electron chi connectivity index (χ3n) is 3.29. The minimum Gasteiger partial charge on any atom is -0.302 e. The first kappa shape index (κ1) is 7.30. The number of aromatic amines is 1. The van der Waals surface area contributed by atoms with Crippen LogP contribution in [0.15, 0.2) is 0 Å². The Morgan fingerprint density at radius 1 is 1.38 bits per heavy atom. The molecule has 0 bridgehead atoms. The van der Waals surface area contributed by atoms with Gasteiger partial charge in [0.25, 0.3) is 0 Å². The summed E-state index contributed by atoms with van der Waals surface area (Å²) in [4.78, 5) is 10.9. The first-order valence-corrected chi connectivity index (χ1v) is 4.89. The lowest BCUT2D eigenvalue weighted by Gasteiger charge is -2.03. The van der Waals surface area contributed by atoms with Crippen molar-refractivity contribution in [2.75, 3.05) is 0 Å². The Kier molecular flexibility index (Phi) is 1.25. The van der Waals surface area contributed by atoms with E-state index in [1.54, 1.807) is 0 Å². The van der Waals surface area contributed by atoms with E-state index in [0.29, 0.717) is 0 Å². The summed E-state index contributed by atoms with van der Waals surface area (Å²) >= 11 is 0. The average Bonchev–Trinajstić information content (AvgIpc) is 2.62. The molecule has 1 fully saturated rings. The van der Waals surface area contributed by atoms with Gasteiger partial charge in [0.15, 0.2) is 0 Å². The highest BCUT2D eigenvalue weighted by atomic mass is 16.1. The maximum absolute atomic E-state index is 10.9. The molecule has 3 nitrogen and oxygen atoms in total. The lowest BCUT2D eigenvalue weighted by atomic mass is 9.99. The monoisotopic (exact) mass is 176 g/mol. The van der Waals surface area contributed by atoms with Gasteiger partial charge >= 0.3 is 0 Å². The highest BCUT2D eigenvalue weighted by molar-refractivity contribution is 5.73. The van der Waals surface area contributed by atoms with E-state index in [1.165, 1.54) is 17.7 Å². The molecule has 0 unspecified atom stereocenters. The Hall–Kier alpha value is -1.12. The summed E-state index contributed by atoms with van der Waals surface area (Å²) in [5, 5.41) is 7.34. The Balaban J connectivity index is 2.10. The molecule has 0 spiro atoms. The summed E-state index contributed by atoms with van der Waals surface area (Å²) in [6, 6.07) is 0. The molecule has 0 amide bonds. The number of carbonyl (C=O) groups is 1. The molecule has 2 aliphatic rings. The third-order valence-corrected chi connectivity index (χ3v) is 3.29. The van der Waals surface area contributed by atoms with Crippen LogP contribution in [-0.4, -0.2) is 16.5 Å². The fourth-order valence-electron chi connectivity index (χ4n) is 2.28. The molecule has 2 aliphatic carbocycles. The largest absolute Gasteiger partial charge is 0.302 e. The van der Waals surface area contributed by atoms with Crippen LogP contribution in [0, 0.1) is 0 Å². The van der Waals surface area contributed by atoms with Crippen molar-refractivity contribution in [3.8, 4) is 0 Å². The number of H-pyrrole nitrogens is 1. The Bertz CT molecular complexity index is 363. The summed E-state index contributed by atoms with van der Waals surface area (Å²) in [6.45, 7) is 0. The highest BCUT2D eigenvalue weighted by Crippen LogP contribution is 2.48. The predicted octanol–water partition coefficient (Wildman–Crippen LogP) is 1.13. The number of nitrogens with one attached hydrogen (secondary N) is 1. The van der Waals surface area contributed by atoms with E-state index >= 15 is 0 Å². The molecule has 1 N–H and O–H groups in total. The minimum atomic E-state index is -0.186. The number of hydrogen-bond acceptors (Lipinski definition) is 2. The molecule has 68 valence electrons. The van der Waals surface area contributed by atoms with Crippen molar-refractivity contribution in [3.63, 3.8) is 0 Å². The topological polar surface area (TPSA) is 45.8 Å². The Morgan fingerprint density at radius 2 is 2.23 bits per heavy atom. The van der Waals surface area contributed by atoms with Gasteiger partial charge in [0.2, 0.25) is 0 Å². The van der Waals surface area contributed by atoms with Crippen LogP contribution >= 0.6 is 0 Å². The molecular formula is C10H12N2O. The number of hydrogen-bond donors (Lipinski definition) is 1. The second-order valence-corrected chi connectivity index (χ2v) is 4.16. The molecule has 0 saturated heterocycles. The van der Waals surface area contributed by atoms with Gasteiger partial charge in [-0.15, -0.1) is 0 Å². The predicted molar refractivity (Wildman–Crippen MR) is 47.6 cm³/mol. The highest BCUT2D eigenvalue weighted by Gasteiger charge is 2.48. The van der Waals surface area contributed by atoms with Crippen LogP contribution in [0.4, 0.5) is 0 Å². The van der Waals surface area contributed by atoms with Crippen molar-refractivity contribution in [2.24, 2.45) is 0 Å². The van der Waals surface area contributed by atoms with Crippen LogP contribution in [0.1, 0.15) is 36.2 Å². The van der Waals surface area contributed by atoms with E-state index in [4.69, 9.17) is 0 Å². The van der Waals surface area contributed by atoms with E-state index in [2.05, 4.69) is 10.2 Å². The molecular weight excluding hydrogens is 164 g/mol. The summed E-state index contributed by atoms with van der Waals surface area (Å²) in [6.07, 6.45) is 6.50. The van der Waals surface area contributed by atoms with Gasteiger partial charge in [-0.05, 0) is 37.7 Å². The van der Waals surface area contributed by atoms with Gasteiger partial charge in [-0.25, -0.2) is 0 Å². The number of rotatable bonds is 2. The van der Waals surface area contributed by atoms with Crippen LogP contribution in [-0.2, 0) is 23.1 Å². The average molecular weight is 176 g/mol. The van der Waals surface area contributed by atoms with E-state index in [-0.39, 0.29) is 5.41 Å². The molecule has 3 rings (SSSR count). The van der Waals surface area contributed by atoms with E-state index < -0.39 is 0 Å². The van der Waals surface area contributed by atoms with Crippen molar-refractivity contribution in [1.29, 1.82) is 0 Å². The molecule has 0 radical (unpaired) electrons. The van der Waals surface area contributed by atoms with Crippen LogP contribution in [0.5, 0.6) is 0 Å². The maximum Gasteiger partial charge on any atom is 0.132 e. The summed E-state index contributed by atoms with van der Waals surface area (Å²) in [7, 11) is 0. The lowest BCUT2D eigenvalue weighted by Crippen LogP contribution is -2.10. The van der Waals surface area contributed by atoms with Crippen molar-refractivity contribution < 1.29 is 4.79 Å². The maximum atomic E-state index is 10.9. The van der Waals surface area contributed by atoms with Gasteiger partial charge in [-0.2, -0.15) is 5.10 Å². The molecule has 1 aromatic rings. The zero-order chi connectivity index (χ0) is 8.89. The molecule has 1 saturated carbocycles. The van der Waals surface area contributed by atoms with Crippen LogP contribution < -0.4 is 0 Å². The van der Waals surface area contributed by atoms with E-state index in [0.717, 1.165) is 37.7 Å². The SMILES string of the molecule is O=CC1(c2n[nH]c3c2CCC3)CC1. The van der Waals surface area contributed by atoms with Crippen LogP contribution in [0.2, 0.25) is 0 Å². The fraction of sp³-hybridized carbons (Fsp3) is 0.600. The molecule has 0 atom stereocenters.